The molecule has 1 aromatic carbocycles. The maximum atomic E-state index is 12.7. The van der Waals surface area contributed by atoms with Crippen LogP contribution >= 0.6 is 0 Å². The Bertz CT molecular complexity index is 354. The van der Waals surface area contributed by atoms with Gasteiger partial charge in [-0.3, -0.25) is 0 Å². The first kappa shape index (κ1) is 10.6. The molecule has 0 spiro atoms. The third-order valence-electron chi connectivity index (χ3n) is 1.84. The van der Waals surface area contributed by atoms with Gasteiger partial charge in [0.15, 0.2) is 0 Å². The van der Waals surface area contributed by atoms with E-state index in [-0.39, 0.29) is 17.7 Å². The predicted octanol–water partition coefficient (Wildman–Crippen LogP) is 0.516. The van der Waals surface area contributed by atoms with Gasteiger partial charge in [-0.1, -0.05) is 6.07 Å². The Morgan fingerprint density at radius 2 is 2.21 bits per heavy atom. The van der Waals surface area contributed by atoms with Crippen molar-refractivity contribution in [1.82, 2.24) is 0 Å². The van der Waals surface area contributed by atoms with E-state index in [0.717, 1.165) is 12.1 Å². The van der Waals surface area contributed by atoms with Crippen LogP contribution in [-0.2, 0) is 0 Å². The van der Waals surface area contributed by atoms with Crippen molar-refractivity contribution in [2.24, 2.45) is 5.73 Å². The van der Waals surface area contributed by atoms with Crippen molar-refractivity contribution in [3.63, 3.8) is 0 Å². The van der Waals surface area contributed by atoms with Gasteiger partial charge < -0.3 is 15.9 Å². The lowest BCUT2D eigenvalue weighted by Gasteiger charge is -2.11. The summed E-state index contributed by atoms with van der Waals surface area (Å²) >= 11 is 0. The van der Waals surface area contributed by atoms with Crippen LogP contribution in [-0.4, -0.2) is 22.8 Å². The van der Waals surface area contributed by atoms with Crippen LogP contribution < -0.4 is 5.73 Å². The van der Waals surface area contributed by atoms with Crippen molar-refractivity contribution < 1.29 is 19.4 Å². The fraction of sp³-hybridized carbons (Fsp3) is 0.222. The minimum atomic E-state index is -1.26. The Labute approximate surface area is 79.8 Å². The molecule has 0 amide bonds. The van der Waals surface area contributed by atoms with Crippen molar-refractivity contribution in [2.75, 3.05) is 6.61 Å². The Hall–Kier alpha value is -1.46. The fourth-order valence-corrected chi connectivity index (χ4v) is 1.14. The molecule has 76 valence electrons. The lowest BCUT2D eigenvalue weighted by molar-refractivity contribution is 0.0694. The molecule has 14 heavy (non-hydrogen) atoms. The molecule has 0 aromatic heterocycles. The number of aliphatic hydroxyl groups is 1. The predicted molar refractivity (Wildman–Crippen MR) is 47.4 cm³/mol. The van der Waals surface area contributed by atoms with E-state index in [0.29, 0.717) is 0 Å². The van der Waals surface area contributed by atoms with Crippen molar-refractivity contribution in [3.8, 4) is 0 Å². The van der Waals surface area contributed by atoms with Gasteiger partial charge in [-0.05, 0) is 17.7 Å². The van der Waals surface area contributed by atoms with Crippen molar-refractivity contribution in [3.05, 3.63) is 35.1 Å². The summed E-state index contributed by atoms with van der Waals surface area (Å²) < 4.78 is 12.7. The summed E-state index contributed by atoms with van der Waals surface area (Å²) in [6.45, 7) is -0.383. The Morgan fingerprint density at radius 3 is 2.71 bits per heavy atom. The van der Waals surface area contributed by atoms with Gasteiger partial charge >= 0.3 is 5.97 Å². The van der Waals surface area contributed by atoms with Gasteiger partial charge in [0.05, 0.1) is 18.2 Å². The number of carboxylic acids is 1. The Balaban J connectivity index is 3.21. The molecule has 0 aliphatic heterocycles. The molecule has 4 N–H and O–H groups in total. The number of carboxylic acid groups (broad SMARTS) is 1. The highest BCUT2D eigenvalue weighted by atomic mass is 19.1. The topological polar surface area (TPSA) is 83.5 Å². The minimum absolute atomic E-state index is 0.216. The average molecular weight is 199 g/mol. The third kappa shape index (κ3) is 2.07. The quantitative estimate of drug-likeness (QED) is 0.662. The summed E-state index contributed by atoms with van der Waals surface area (Å²) in [6, 6.07) is 2.45. The van der Waals surface area contributed by atoms with E-state index in [2.05, 4.69) is 0 Å². The van der Waals surface area contributed by atoms with E-state index in [1.54, 1.807) is 0 Å². The van der Waals surface area contributed by atoms with E-state index in [4.69, 9.17) is 15.9 Å². The smallest absolute Gasteiger partial charge is 0.336 e. The van der Waals surface area contributed by atoms with Crippen LogP contribution in [0.3, 0.4) is 0 Å². The lowest BCUT2D eigenvalue weighted by Crippen LogP contribution is -2.18. The molecule has 1 aromatic rings. The number of carbonyl (C=O) groups is 1. The molecule has 0 heterocycles. The monoisotopic (exact) mass is 199 g/mol. The van der Waals surface area contributed by atoms with Crippen LogP contribution in [0, 0.1) is 5.82 Å². The molecular weight excluding hydrogens is 189 g/mol. The van der Waals surface area contributed by atoms with E-state index in [1.165, 1.54) is 6.07 Å². The molecule has 0 saturated heterocycles. The van der Waals surface area contributed by atoms with Crippen LogP contribution in [0.2, 0.25) is 0 Å². The number of benzene rings is 1. The van der Waals surface area contributed by atoms with Crippen LogP contribution in [0.5, 0.6) is 0 Å². The number of hydrogen-bond acceptors (Lipinski definition) is 3. The second kappa shape index (κ2) is 4.17. The van der Waals surface area contributed by atoms with Crippen LogP contribution in [0.4, 0.5) is 4.39 Å². The van der Waals surface area contributed by atoms with Crippen molar-refractivity contribution in [2.45, 2.75) is 6.04 Å². The lowest BCUT2D eigenvalue weighted by atomic mass is 10.0. The average Bonchev–Trinajstić information content (AvgIpc) is 2.16. The fourth-order valence-electron chi connectivity index (χ4n) is 1.14. The normalized spacial score (nSPS) is 12.5. The highest BCUT2D eigenvalue weighted by Gasteiger charge is 2.15. The molecule has 0 unspecified atom stereocenters. The van der Waals surface area contributed by atoms with E-state index in [1.807, 2.05) is 0 Å². The van der Waals surface area contributed by atoms with Crippen molar-refractivity contribution >= 4 is 5.97 Å². The molecular formula is C9H10FNO3. The van der Waals surface area contributed by atoms with E-state index < -0.39 is 17.8 Å². The van der Waals surface area contributed by atoms with E-state index in [9.17, 15) is 9.18 Å². The third-order valence-corrected chi connectivity index (χ3v) is 1.84. The Kier molecular flexibility index (Phi) is 3.16. The van der Waals surface area contributed by atoms with Gasteiger partial charge in [-0.25, -0.2) is 9.18 Å². The summed E-state index contributed by atoms with van der Waals surface area (Å²) in [6.07, 6.45) is 0. The Morgan fingerprint density at radius 1 is 1.57 bits per heavy atom. The number of rotatable bonds is 3. The van der Waals surface area contributed by atoms with Gasteiger partial charge in [0.2, 0.25) is 0 Å². The summed E-state index contributed by atoms with van der Waals surface area (Å²) in [5, 5.41) is 17.5. The number of aliphatic hydroxyl groups excluding tert-OH is 1. The molecule has 4 nitrogen and oxygen atoms in total. The summed E-state index contributed by atoms with van der Waals surface area (Å²) in [4.78, 5) is 10.7. The van der Waals surface area contributed by atoms with Gasteiger partial charge in [-0.2, -0.15) is 0 Å². The van der Waals surface area contributed by atoms with Gasteiger partial charge in [0.25, 0.3) is 0 Å². The number of halogens is 1. The van der Waals surface area contributed by atoms with Gasteiger partial charge in [-0.15, -0.1) is 0 Å². The van der Waals surface area contributed by atoms with Crippen LogP contribution in [0.25, 0.3) is 0 Å². The van der Waals surface area contributed by atoms with Gasteiger partial charge in [0.1, 0.15) is 5.82 Å². The highest BCUT2D eigenvalue weighted by molar-refractivity contribution is 5.89. The molecule has 0 bridgehead atoms. The number of nitrogens with two attached hydrogens (primary N) is 1. The molecule has 0 radical (unpaired) electrons. The first-order valence-corrected chi connectivity index (χ1v) is 3.95. The van der Waals surface area contributed by atoms with Crippen molar-refractivity contribution in [1.29, 1.82) is 0 Å². The molecule has 1 rings (SSSR count). The van der Waals surface area contributed by atoms with Gasteiger partial charge in [0, 0.05) is 0 Å². The summed E-state index contributed by atoms with van der Waals surface area (Å²) in [5.74, 6) is -1.90. The zero-order valence-corrected chi connectivity index (χ0v) is 7.27. The highest BCUT2D eigenvalue weighted by Crippen LogP contribution is 2.17. The zero-order valence-electron chi connectivity index (χ0n) is 7.27. The van der Waals surface area contributed by atoms with Crippen LogP contribution in [0.1, 0.15) is 22.0 Å². The summed E-state index contributed by atoms with van der Waals surface area (Å²) in [5.41, 5.74) is 5.45. The first-order valence-electron chi connectivity index (χ1n) is 3.95. The SMILES string of the molecule is N[C@@H](CO)c1ccc(F)cc1C(=O)O. The molecule has 0 fully saturated rings. The molecule has 5 heteroatoms. The standard InChI is InChI=1S/C9H10FNO3/c10-5-1-2-6(8(11)4-12)7(3-5)9(13)14/h1-3,8,12H,4,11H2,(H,13,14)/t8-/m0/s1. The minimum Gasteiger partial charge on any atom is -0.478 e. The largest absolute Gasteiger partial charge is 0.478 e. The molecule has 1 atom stereocenters. The summed E-state index contributed by atoms with van der Waals surface area (Å²) in [7, 11) is 0. The number of aromatic carboxylic acids is 1. The second-order valence-corrected chi connectivity index (χ2v) is 2.83. The molecule has 0 aliphatic rings. The second-order valence-electron chi connectivity index (χ2n) is 2.83. The van der Waals surface area contributed by atoms with E-state index >= 15 is 0 Å². The zero-order chi connectivity index (χ0) is 10.7. The maximum Gasteiger partial charge on any atom is 0.336 e. The maximum absolute atomic E-state index is 12.7. The number of hydrogen-bond donors (Lipinski definition) is 3. The molecule has 0 aliphatic carbocycles. The molecule has 0 saturated carbocycles. The van der Waals surface area contributed by atoms with Crippen LogP contribution in [0.15, 0.2) is 18.2 Å². The first-order chi connectivity index (χ1) is 6.56.